The number of anilines is 1. The Morgan fingerprint density at radius 1 is 1.10 bits per heavy atom. The van der Waals surface area contributed by atoms with Gasteiger partial charge in [0.15, 0.2) is 0 Å². The Morgan fingerprint density at radius 2 is 1.90 bits per heavy atom. The molecular weight excluding hydrogens is 330 g/mol. The average Bonchev–Trinajstić information content (AvgIpc) is 2.89. The van der Waals surface area contributed by atoms with Crippen molar-refractivity contribution in [2.75, 3.05) is 12.8 Å². The minimum absolute atomic E-state index is 0.582. The highest BCUT2D eigenvalue weighted by atomic mass is 79.9. The maximum absolute atomic E-state index is 6.09. The molecule has 106 valence electrons. The number of halogens is 1. The highest BCUT2D eigenvalue weighted by Gasteiger charge is 2.09. The molecule has 0 saturated carbocycles. The predicted octanol–water partition coefficient (Wildman–Crippen LogP) is 3.89. The Labute approximate surface area is 131 Å². The molecule has 0 atom stereocenters. The number of nitrogens with zero attached hydrogens (tertiary/aromatic N) is 2. The quantitative estimate of drug-likeness (QED) is 0.784. The van der Waals surface area contributed by atoms with Gasteiger partial charge in [0, 0.05) is 22.2 Å². The zero-order chi connectivity index (χ0) is 14.8. The molecule has 0 unspecified atom stereocenters. The van der Waals surface area contributed by atoms with E-state index >= 15 is 0 Å². The second-order valence-electron chi connectivity index (χ2n) is 4.58. The van der Waals surface area contributed by atoms with Gasteiger partial charge in [0.25, 0.3) is 0 Å². The number of hydrogen-bond acceptors (Lipinski definition) is 3. The Morgan fingerprint density at radius 3 is 2.67 bits per heavy atom. The van der Waals surface area contributed by atoms with Crippen LogP contribution in [-0.2, 0) is 0 Å². The molecule has 0 radical (unpaired) electrons. The van der Waals surface area contributed by atoms with Gasteiger partial charge in [-0.05, 0) is 24.3 Å². The van der Waals surface area contributed by atoms with Crippen LogP contribution in [0.2, 0.25) is 0 Å². The topological polar surface area (TPSA) is 53.1 Å². The third kappa shape index (κ3) is 2.78. The molecule has 0 spiro atoms. The van der Waals surface area contributed by atoms with Gasteiger partial charge in [0.05, 0.1) is 18.5 Å². The van der Waals surface area contributed by atoms with Crippen molar-refractivity contribution in [1.82, 2.24) is 9.78 Å². The third-order valence-corrected chi connectivity index (χ3v) is 3.65. The van der Waals surface area contributed by atoms with Crippen LogP contribution in [0.4, 0.5) is 5.82 Å². The number of methoxy groups -OCH3 is 1. The first-order valence-electron chi connectivity index (χ1n) is 6.43. The molecule has 0 aliphatic heterocycles. The van der Waals surface area contributed by atoms with Gasteiger partial charge in [-0.1, -0.05) is 34.1 Å². The minimum Gasteiger partial charge on any atom is -0.497 e. The van der Waals surface area contributed by atoms with Gasteiger partial charge in [0.2, 0.25) is 0 Å². The van der Waals surface area contributed by atoms with Gasteiger partial charge in [-0.15, -0.1) is 0 Å². The van der Waals surface area contributed by atoms with Crippen molar-refractivity contribution in [3.63, 3.8) is 0 Å². The molecule has 0 amide bonds. The van der Waals surface area contributed by atoms with Crippen molar-refractivity contribution in [2.24, 2.45) is 0 Å². The molecule has 2 N–H and O–H groups in total. The van der Waals surface area contributed by atoms with Gasteiger partial charge >= 0.3 is 0 Å². The van der Waals surface area contributed by atoms with E-state index in [-0.39, 0.29) is 0 Å². The predicted molar refractivity (Wildman–Crippen MR) is 87.7 cm³/mol. The first kappa shape index (κ1) is 13.7. The largest absolute Gasteiger partial charge is 0.497 e. The lowest BCUT2D eigenvalue weighted by Crippen LogP contribution is -2.01. The van der Waals surface area contributed by atoms with E-state index in [0.29, 0.717) is 5.82 Å². The third-order valence-electron chi connectivity index (χ3n) is 3.16. The average molecular weight is 344 g/mol. The van der Waals surface area contributed by atoms with Crippen LogP contribution in [0.3, 0.4) is 0 Å². The smallest absolute Gasteiger partial charge is 0.127 e. The lowest BCUT2D eigenvalue weighted by atomic mass is 10.2. The molecule has 0 aliphatic rings. The van der Waals surface area contributed by atoms with Crippen LogP contribution in [0, 0.1) is 0 Å². The molecule has 3 rings (SSSR count). The number of benzene rings is 2. The SMILES string of the molecule is COc1cccc(-n2nc(-c3cccc(Br)c3)cc2N)c1. The summed E-state index contributed by atoms with van der Waals surface area (Å²) in [6.07, 6.45) is 0. The summed E-state index contributed by atoms with van der Waals surface area (Å²) in [5, 5.41) is 4.58. The molecule has 1 heterocycles. The van der Waals surface area contributed by atoms with Crippen LogP contribution in [0.25, 0.3) is 16.9 Å². The normalized spacial score (nSPS) is 10.6. The summed E-state index contributed by atoms with van der Waals surface area (Å²) in [5.74, 6) is 1.35. The molecule has 0 bridgehead atoms. The van der Waals surface area contributed by atoms with E-state index in [1.807, 2.05) is 54.6 Å². The summed E-state index contributed by atoms with van der Waals surface area (Å²) < 4.78 is 7.95. The first-order chi connectivity index (χ1) is 10.2. The van der Waals surface area contributed by atoms with Gasteiger partial charge in [-0.3, -0.25) is 0 Å². The number of nitrogen functional groups attached to an aromatic ring is 1. The van der Waals surface area contributed by atoms with Gasteiger partial charge in [-0.25, -0.2) is 4.68 Å². The summed E-state index contributed by atoms with van der Waals surface area (Å²) in [6, 6.07) is 17.5. The number of nitrogens with two attached hydrogens (primary N) is 1. The summed E-state index contributed by atoms with van der Waals surface area (Å²) in [5.41, 5.74) is 8.80. The zero-order valence-corrected chi connectivity index (χ0v) is 13.0. The van der Waals surface area contributed by atoms with Crippen LogP contribution < -0.4 is 10.5 Å². The van der Waals surface area contributed by atoms with E-state index in [1.54, 1.807) is 11.8 Å². The van der Waals surface area contributed by atoms with Crippen molar-refractivity contribution in [3.05, 3.63) is 59.1 Å². The lowest BCUT2D eigenvalue weighted by molar-refractivity contribution is 0.414. The van der Waals surface area contributed by atoms with Crippen molar-refractivity contribution in [3.8, 4) is 22.7 Å². The van der Waals surface area contributed by atoms with Crippen LogP contribution in [0.1, 0.15) is 0 Å². The number of aromatic nitrogens is 2. The van der Waals surface area contributed by atoms with Crippen LogP contribution in [0.5, 0.6) is 5.75 Å². The van der Waals surface area contributed by atoms with E-state index in [9.17, 15) is 0 Å². The maximum Gasteiger partial charge on any atom is 0.127 e. The fraction of sp³-hybridized carbons (Fsp3) is 0.0625. The molecule has 5 heteroatoms. The highest BCUT2D eigenvalue weighted by Crippen LogP contribution is 2.26. The van der Waals surface area contributed by atoms with Crippen LogP contribution >= 0.6 is 15.9 Å². The Balaban J connectivity index is 2.05. The van der Waals surface area contributed by atoms with Gasteiger partial charge in [-0.2, -0.15) is 5.10 Å². The standard InChI is InChI=1S/C16H14BrN3O/c1-21-14-7-3-6-13(9-14)20-16(18)10-15(19-20)11-4-2-5-12(17)8-11/h2-10H,18H2,1H3. The molecule has 4 nitrogen and oxygen atoms in total. The monoisotopic (exact) mass is 343 g/mol. The van der Waals surface area contributed by atoms with E-state index in [1.165, 1.54) is 0 Å². The Kier molecular flexibility index (Phi) is 3.66. The number of rotatable bonds is 3. The van der Waals surface area contributed by atoms with E-state index in [2.05, 4.69) is 21.0 Å². The highest BCUT2D eigenvalue weighted by molar-refractivity contribution is 9.10. The second-order valence-corrected chi connectivity index (χ2v) is 5.49. The maximum atomic E-state index is 6.09. The summed E-state index contributed by atoms with van der Waals surface area (Å²) in [7, 11) is 1.64. The van der Waals surface area contributed by atoms with E-state index in [4.69, 9.17) is 10.5 Å². The fourth-order valence-corrected chi connectivity index (χ4v) is 2.53. The minimum atomic E-state index is 0.582. The molecule has 0 aliphatic carbocycles. The van der Waals surface area contributed by atoms with Crippen molar-refractivity contribution in [2.45, 2.75) is 0 Å². The number of ether oxygens (including phenoxy) is 1. The lowest BCUT2D eigenvalue weighted by Gasteiger charge is -2.06. The van der Waals surface area contributed by atoms with E-state index in [0.717, 1.165) is 27.2 Å². The summed E-state index contributed by atoms with van der Waals surface area (Å²) >= 11 is 3.47. The van der Waals surface area contributed by atoms with Gasteiger partial charge in [0.1, 0.15) is 11.6 Å². The van der Waals surface area contributed by atoms with Crippen molar-refractivity contribution in [1.29, 1.82) is 0 Å². The number of hydrogen-bond donors (Lipinski definition) is 1. The van der Waals surface area contributed by atoms with Gasteiger partial charge < -0.3 is 10.5 Å². The molecule has 1 aromatic heterocycles. The van der Waals surface area contributed by atoms with Crippen molar-refractivity contribution >= 4 is 21.7 Å². The first-order valence-corrected chi connectivity index (χ1v) is 7.22. The summed E-state index contributed by atoms with van der Waals surface area (Å²) in [6.45, 7) is 0. The molecule has 0 saturated heterocycles. The fourth-order valence-electron chi connectivity index (χ4n) is 2.13. The van der Waals surface area contributed by atoms with E-state index < -0.39 is 0 Å². The Bertz CT molecular complexity index is 783. The van der Waals surface area contributed by atoms with Crippen LogP contribution in [0.15, 0.2) is 59.1 Å². The van der Waals surface area contributed by atoms with Crippen molar-refractivity contribution < 1.29 is 4.74 Å². The molecule has 21 heavy (non-hydrogen) atoms. The summed E-state index contributed by atoms with van der Waals surface area (Å²) in [4.78, 5) is 0. The molecule has 0 fully saturated rings. The second kappa shape index (κ2) is 5.61. The molecule has 2 aromatic carbocycles. The molecule has 3 aromatic rings. The Hall–Kier alpha value is -2.27. The zero-order valence-electron chi connectivity index (χ0n) is 11.5. The molecular formula is C16H14BrN3O. The van der Waals surface area contributed by atoms with Crippen LogP contribution in [-0.4, -0.2) is 16.9 Å².